The molecule has 158 valence electrons. The summed E-state index contributed by atoms with van der Waals surface area (Å²) in [6.45, 7) is 0. The average molecular weight is 476 g/mol. The first-order valence-corrected chi connectivity index (χ1v) is 11.2. The third-order valence-electron chi connectivity index (χ3n) is 4.31. The summed E-state index contributed by atoms with van der Waals surface area (Å²) in [5.41, 5.74) is 1.00. The van der Waals surface area contributed by atoms with Crippen LogP contribution in [0, 0.1) is 5.82 Å². The van der Waals surface area contributed by atoms with Crippen LogP contribution in [0.2, 0.25) is 5.02 Å². The van der Waals surface area contributed by atoms with Crippen molar-refractivity contribution in [3.8, 4) is 11.4 Å². The summed E-state index contributed by atoms with van der Waals surface area (Å²) < 4.78 is 20.8. The smallest absolute Gasteiger partial charge is 0.276 e. The van der Waals surface area contributed by atoms with E-state index >= 15 is 0 Å². The number of para-hydroxylation sites is 2. The number of anilines is 1. The van der Waals surface area contributed by atoms with Crippen molar-refractivity contribution in [1.82, 2.24) is 9.55 Å². The fourth-order valence-electron chi connectivity index (χ4n) is 2.93. The molecule has 0 atom stereocenters. The Morgan fingerprint density at radius 1 is 1.29 bits per heavy atom. The van der Waals surface area contributed by atoms with Gasteiger partial charge in [-0.3, -0.25) is 14.2 Å². The van der Waals surface area contributed by atoms with Crippen LogP contribution in [0.25, 0.3) is 15.9 Å². The minimum absolute atomic E-state index is 0.0654. The van der Waals surface area contributed by atoms with Gasteiger partial charge in [-0.1, -0.05) is 35.5 Å². The maximum atomic E-state index is 13.4. The lowest BCUT2D eigenvalue weighted by molar-refractivity contribution is -0.113. The van der Waals surface area contributed by atoms with Crippen molar-refractivity contribution in [2.24, 2.45) is 0 Å². The second-order valence-electron chi connectivity index (χ2n) is 6.30. The number of hydrogen-bond donors (Lipinski definition) is 1. The number of amides is 1. The molecule has 0 saturated heterocycles. The first-order valence-electron chi connectivity index (χ1n) is 8.99. The highest BCUT2D eigenvalue weighted by Gasteiger charge is 2.18. The maximum Gasteiger partial charge on any atom is 0.276 e. The van der Waals surface area contributed by atoms with Crippen molar-refractivity contribution >= 4 is 56.5 Å². The molecule has 0 saturated carbocycles. The Balaban J connectivity index is 1.68. The highest BCUT2D eigenvalue weighted by Crippen LogP contribution is 2.29. The Bertz CT molecular complexity index is 1340. The number of methoxy groups -OCH3 is 1. The second kappa shape index (κ2) is 9.09. The average Bonchev–Trinajstić information content (AvgIpc) is 3.24. The fraction of sp³-hybridized carbons (Fsp3) is 0.0952. The quantitative estimate of drug-likeness (QED) is 0.314. The third-order valence-corrected chi connectivity index (χ3v) is 6.47. The van der Waals surface area contributed by atoms with Gasteiger partial charge >= 0.3 is 0 Å². The lowest BCUT2D eigenvalue weighted by atomic mass is 10.3. The van der Waals surface area contributed by atoms with Gasteiger partial charge in [-0.05, 0) is 41.8 Å². The molecule has 0 aliphatic heterocycles. The molecule has 31 heavy (non-hydrogen) atoms. The van der Waals surface area contributed by atoms with Gasteiger partial charge < -0.3 is 10.1 Å². The van der Waals surface area contributed by atoms with Crippen LogP contribution >= 0.6 is 34.7 Å². The number of rotatable bonds is 6. The van der Waals surface area contributed by atoms with E-state index in [4.69, 9.17) is 16.3 Å². The van der Waals surface area contributed by atoms with Gasteiger partial charge in [0.15, 0.2) is 5.16 Å². The van der Waals surface area contributed by atoms with Crippen molar-refractivity contribution in [3.05, 3.63) is 75.1 Å². The Morgan fingerprint density at radius 3 is 2.90 bits per heavy atom. The summed E-state index contributed by atoms with van der Waals surface area (Å²) >= 11 is 8.39. The van der Waals surface area contributed by atoms with Gasteiger partial charge in [0.25, 0.3) is 5.56 Å². The maximum absolute atomic E-state index is 13.4. The van der Waals surface area contributed by atoms with Crippen LogP contribution in [0.5, 0.6) is 5.75 Å². The number of thiophene rings is 1. The molecule has 4 rings (SSSR count). The fourth-order valence-corrected chi connectivity index (χ4v) is 4.66. The molecular formula is C21H15ClFN3O3S2. The first-order chi connectivity index (χ1) is 15.0. The van der Waals surface area contributed by atoms with Crippen molar-refractivity contribution < 1.29 is 13.9 Å². The topological polar surface area (TPSA) is 73.2 Å². The predicted molar refractivity (Wildman–Crippen MR) is 123 cm³/mol. The van der Waals surface area contributed by atoms with E-state index in [2.05, 4.69) is 10.3 Å². The third kappa shape index (κ3) is 4.43. The highest BCUT2D eigenvalue weighted by atomic mass is 35.5. The number of fused-ring (bicyclic) bond motifs is 1. The number of ether oxygens (including phenoxy) is 1. The molecule has 6 nitrogen and oxygen atoms in total. The molecule has 0 radical (unpaired) electrons. The Kier molecular flexibility index (Phi) is 6.26. The predicted octanol–water partition coefficient (Wildman–Crippen LogP) is 4.98. The van der Waals surface area contributed by atoms with Gasteiger partial charge in [0, 0.05) is 0 Å². The van der Waals surface area contributed by atoms with Gasteiger partial charge in [-0.15, -0.1) is 11.3 Å². The molecule has 0 aliphatic carbocycles. The van der Waals surface area contributed by atoms with E-state index < -0.39 is 11.7 Å². The number of halogens is 2. The zero-order valence-electron chi connectivity index (χ0n) is 16.1. The van der Waals surface area contributed by atoms with Crippen LogP contribution < -0.4 is 15.6 Å². The largest absolute Gasteiger partial charge is 0.495 e. The Hall–Kier alpha value is -2.88. The second-order valence-corrected chi connectivity index (χ2v) is 8.57. The molecule has 4 aromatic rings. The number of carbonyl (C=O) groups is 1. The zero-order chi connectivity index (χ0) is 22.0. The van der Waals surface area contributed by atoms with E-state index in [1.54, 1.807) is 35.7 Å². The van der Waals surface area contributed by atoms with Gasteiger partial charge in [0.2, 0.25) is 5.91 Å². The van der Waals surface area contributed by atoms with Gasteiger partial charge in [0.1, 0.15) is 16.3 Å². The summed E-state index contributed by atoms with van der Waals surface area (Å²) in [6, 6.07) is 12.6. The minimum Gasteiger partial charge on any atom is -0.495 e. The summed E-state index contributed by atoms with van der Waals surface area (Å²) in [4.78, 5) is 30.2. The molecule has 2 aromatic heterocycles. The molecule has 0 bridgehead atoms. The summed E-state index contributed by atoms with van der Waals surface area (Å²) in [7, 11) is 1.52. The molecule has 10 heteroatoms. The number of nitrogens with zero attached hydrogens (tertiary/aromatic N) is 2. The van der Waals surface area contributed by atoms with E-state index in [9.17, 15) is 14.0 Å². The Labute approximate surface area is 189 Å². The lowest BCUT2D eigenvalue weighted by Crippen LogP contribution is -2.22. The molecular weight excluding hydrogens is 461 g/mol. The molecule has 0 fully saturated rings. The number of aromatic nitrogens is 2. The van der Waals surface area contributed by atoms with E-state index in [0.717, 1.165) is 17.8 Å². The molecule has 2 heterocycles. The summed E-state index contributed by atoms with van der Waals surface area (Å²) in [5.74, 6) is -0.491. The SMILES string of the molecule is COc1ccccc1-n1c(SCC(=O)Nc2cc(F)ccc2Cl)nc2ccsc2c1=O. The molecule has 1 N–H and O–H groups in total. The summed E-state index contributed by atoms with van der Waals surface area (Å²) in [5, 5.41) is 4.93. The van der Waals surface area contributed by atoms with Crippen LogP contribution in [-0.2, 0) is 4.79 Å². The van der Waals surface area contributed by atoms with Gasteiger partial charge in [-0.2, -0.15) is 0 Å². The number of benzene rings is 2. The van der Waals surface area contributed by atoms with Crippen LogP contribution in [0.3, 0.4) is 0 Å². The normalized spacial score (nSPS) is 10.9. The number of carbonyl (C=O) groups excluding carboxylic acids is 1. The van der Waals surface area contributed by atoms with Crippen LogP contribution in [0.1, 0.15) is 0 Å². The van der Waals surface area contributed by atoms with Crippen molar-refractivity contribution in [1.29, 1.82) is 0 Å². The number of hydrogen-bond acceptors (Lipinski definition) is 6. The molecule has 0 unspecified atom stereocenters. The van der Waals surface area contributed by atoms with Crippen molar-refractivity contribution in [2.45, 2.75) is 5.16 Å². The van der Waals surface area contributed by atoms with Crippen molar-refractivity contribution in [3.63, 3.8) is 0 Å². The molecule has 1 amide bonds. The standard InChI is InChI=1S/C21H15ClFN3O3S2/c1-29-17-5-3-2-4-16(17)26-20(28)19-14(8-9-30-19)25-21(26)31-11-18(27)24-15-10-12(23)6-7-13(15)22/h2-10H,11H2,1H3,(H,24,27). The minimum atomic E-state index is -0.512. The van der Waals surface area contributed by atoms with E-state index in [0.29, 0.717) is 26.8 Å². The van der Waals surface area contributed by atoms with Crippen LogP contribution in [0.4, 0.5) is 10.1 Å². The van der Waals surface area contributed by atoms with E-state index in [1.807, 2.05) is 0 Å². The highest BCUT2D eigenvalue weighted by molar-refractivity contribution is 7.99. The zero-order valence-corrected chi connectivity index (χ0v) is 18.5. The van der Waals surface area contributed by atoms with E-state index in [1.165, 1.54) is 35.1 Å². The first kappa shape index (κ1) is 21.4. The lowest BCUT2D eigenvalue weighted by Gasteiger charge is -2.15. The van der Waals surface area contributed by atoms with Crippen LogP contribution in [-0.4, -0.2) is 28.3 Å². The van der Waals surface area contributed by atoms with Crippen molar-refractivity contribution in [2.75, 3.05) is 18.2 Å². The number of nitrogens with one attached hydrogen (secondary N) is 1. The van der Waals surface area contributed by atoms with Gasteiger partial charge in [-0.25, -0.2) is 9.37 Å². The molecule has 2 aromatic carbocycles. The van der Waals surface area contributed by atoms with Gasteiger partial charge in [0.05, 0.1) is 34.8 Å². The van der Waals surface area contributed by atoms with Crippen LogP contribution in [0.15, 0.2) is 63.9 Å². The molecule has 0 spiro atoms. The number of thioether (sulfide) groups is 1. The van der Waals surface area contributed by atoms with E-state index in [-0.39, 0.29) is 22.0 Å². The Morgan fingerprint density at radius 2 is 2.10 bits per heavy atom. The molecule has 0 aliphatic rings. The summed E-state index contributed by atoms with van der Waals surface area (Å²) in [6.07, 6.45) is 0. The monoisotopic (exact) mass is 475 g/mol.